The fourth-order valence-electron chi connectivity index (χ4n) is 1.09. The monoisotopic (exact) mass is 303 g/mol. The van der Waals surface area contributed by atoms with Crippen molar-refractivity contribution in [2.75, 3.05) is 0 Å². The van der Waals surface area contributed by atoms with Crippen molar-refractivity contribution in [1.29, 1.82) is 0 Å². The van der Waals surface area contributed by atoms with Crippen molar-refractivity contribution in [3.05, 3.63) is 34.3 Å². The van der Waals surface area contributed by atoms with Crippen LogP contribution in [0.2, 0.25) is 0 Å². The van der Waals surface area contributed by atoms with E-state index < -0.39 is 5.54 Å². The summed E-state index contributed by atoms with van der Waals surface area (Å²) in [4.78, 5) is 11.9. The zero-order chi connectivity index (χ0) is 12.3. The molecule has 0 fully saturated rings. The summed E-state index contributed by atoms with van der Waals surface area (Å²) in [5.41, 5.74) is 0.195. The number of benzene rings is 1. The van der Waals surface area contributed by atoms with Crippen LogP contribution < -0.4 is 5.32 Å². The summed E-state index contributed by atoms with van der Waals surface area (Å²) < 4.78 is 0.886. The van der Waals surface area contributed by atoms with Gasteiger partial charge < -0.3 is 5.32 Å². The molecule has 0 bridgehead atoms. The molecule has 1 amide bonds. The maximum absolute atomic E-state index is 11.9. The summed E-state index contributed by atoms with van der Waals surface area (Å²) in [6, 6.07) is 7.27. The number of nitrogens with one attached hydrogen (secondary N) is 1. The van der Waals surface area contributed by atoms with Crippen LogP contribution in [0, 0.1) is 0 Å². The standard InChI is InChI=1S/C12H15BrClNO/c1-8(14)12(2,3)15-11(16)9-5-4-6-10(13)7-9/h4-8H,1-3H3,(H,15,16). The Bertz CT molecular complexity index is 390. The summed E-state index contributed by atoms with van der Waals surface area (Å²) in [6.45, 7) is 5.67. The van der Waals surface area contributed by atoms with Crippen molar-refractivity contribution in [3.63, 3.8) is 0 Å². The Labute approximate surface area is 110 Å². The first kappa shape index (κ1) is 13.5. The molecule has 0 aliphatic rings. The van der Waals surface area contributed by atoms with Gasteiger partial charge in [0.25, 0.3) is 5.91 Å². The van der Waals surface area contributed by atoms with Crippen molar-refractivity contribution in [2.24, 2.45) is 0 Å². The molecule has 1 unspecified atom stereocenters. The fraction of sp³-hybridized carbons (Fsp3) is 0.417. The Hall–Kier alpha value is -0.540. The van der Waals surface area contributed by atoms with E-state index >= 15 is 0 Å². The Kier molecular flexibility index (Phi) is 4.39. The highest BCUT2D eigenvalue weighted by atomic mass is 79.9. The van der Waals surface area contributed by atoms with Crippen LogP contribution in [0.1, 0.15) is 31.1 Å². The molecule has 1 atom stereocenters. The third-order valence-corrected chi connectivity index (χ3v) is 3.56. The third-order valence-electron chi connectivity index (χ3n) is 2.52. The molecule has 88 valence electrons. The molecule has 1 aromatic carbocycles. The number of hydrogen-bond acceptors (Lipinski definition) is 1. The lowest BCUT2D eigenvalue weighted by atomic mass is 10.0. The van der Waals surface area contributed by atoms with Crippen molar-refractivity contribution < 1.29 is 4.79 Å². The van der Waals surface area contributed by atoms with Crippen LogP contribution in [0.15, 0.2) is 28.7 Å². The summed E-state index contributed by atoms with van der Waals surface area (Å²) in [7, 11) is 0. The predicted octanol–water partition coefficient (Wildman–Crippen LogP) is 3.58. The van der Waals surface area contributed by atoms with Crippen LogP contribution >= 0.6 is 27.5 Å². The molecular weight excluding hydrogens is 289 g/mol. The first-order valence-corrected chi connectivity index (χ1v) is 6.28. The molecule has 1 rings (SSSR count). The third kappa shape index (κ3) is 3.49. The molecule has 2 nitrogen and oxygen atoms in total. The highest BCUT2D eigenvalue weighted by Gasteiger charge is 2.26. The van der Waals surface area contributed by atoms with Gasteiger partial charge in [0.15, 0.2) is 0 Å². The molecule has 4 heteroatoms. The average molecular weight is 305 g/mol. The van der Waals surface area contributed by atoms with Gasteiger partial charge in [-0.25, -0.2) is 0 Å². The molecule has 0 spiro atoms. The largest absolute Gasteiger partial charge is 0.346 e. The van der Waals surface area contributed by atoms with Crippen molar-refractivity contribution in [3.8, 4) is 0 Å². The van der Waals surface area contributed by atoms with Crippen LogP contribution in [-0.2, 0) is 0 Å². The number of carbonyl (C=O) groups excluding carboxylic acids is 1. The van der Waals surface area contributed by atoms with E-state index in [4.69, 9.17) is 11.6 Å². The van der Waals surface area contributed by atoms with Gasteiger partial charge in [-0.3, -0.25) is 4.79 Å². The number of carbonyl (C=O) groups is 1. The number of amides is 1. The fourth-order valence-corrected chi connectivity index (χ4v) is 1.55. The van der Waals surface area contributed by atoms with Crippen LogP contribution in [0.4, 0.5) is 0 Å². The first-order valence-electron chi connectivity index (χ1n) is 5.05. The second-order valence-corrected chi connectivity index (χ2v) is 5.87. The van der Waals surface area contributed by atoms with Gasteiger partial charge in [-0.1, -0.05) is 22.0 Å². The predicted molar refractivity (Wildman–Crippen MR) is 71.0 cm³/mol. The second-order valence-electron chi connectivity index (χ2n) is 4.30. The Balaban J connectivity index is 2.81. The van der Waals surface area contributed by atoms with Gasteiger partial charge in [0.2, 0.25) is 0 Å². The Morgan fingerprint density at radius 1 is 1.50 bits per heavy atom. The smallest absolute Gasteiger partial charge is 0.251 e. The number of rotatable bonds is 3. The van der Waals surface area contributed by atoms with Gasteiger partial charge in [0.1, 0.15) is 0 Å². The number of alkyl halides is 1. The quantitative estimate of drug-likeness (QED) is 0.850. The maximum atomic E-state index is 11.9. The molecule has 0 saturated heterocycles. The molecule has 1 aromatic rings. The number of halogens is 2. The summed E-state index contributed by atoms with van der Waals surface area (Å²) in [5.74, 6) is -0.112. The minimum absolute atomic E-state index is 0.112. The summed E-state index contributed by atoms with van der Waals surface area (Å²) in [6.07, 6.45) is 0. The zero-order valence-electron chi connectivity index (χ0n) is 9.55. The van der Waals surface area contributed by atoms with Crippen LogP contribution in [0.3, 0.4) is 0 Å². The van der Waals surface area contributed by atoms with E-state index in [1.807, 2.05) is 32.9 Å². The topological polar surface area (TPSA) is 29.1 Å². The van der Waals surface area contributed by atoms with Crippen molar-refractivity contribution in [1.82, 2.24) is 5.32 Å². The molecule has 0 radical (unpaired) electrons. The molecule has 0 heterocycles. The van der Waals surface area contributed by atoms with E-state index in [0.29, 0.717) is 5.56 Å². The molecule has 0 aliphatic carbocycles. The van der Waals surface area contributed by atoms with E-state index in [-0.39, 0.29) is 11.3 Å². The average Bonchev–Trinajstić information content (AvgIpc) is 2.16. The van der Waals surface area contributed by atoms with Crippen LogP contribution in [0.25, 0.3) is 0 Å². The lowest BCUT2D eigenvalue weighted by Gasteiger charge is -2.29. The molecule has 16 heavy (non-hydrogen) atoms. The van der Waals surface area contributed by atoms with Gasteiger partial charge in [0.05, 0.1) is 10.9 Å². The molecule has 0 aliphatic heterocycles. The highest BCUT2D eigenvalue weighted by Crippen LogP contribution is 2.17. The first-order chi connectivity index (χ1) is 7.33. The summed E-state index contributed by atoms with van der Waals surface area (Å²) in [5, 5.41) is 2.77. The van der Waals surface area contributed by atoms with Gasteiger partial charge in [0, 0.05) is 10.0 Å². The van der Waals surface area contributed by atoms with Gasteiger partial charge >= 0.3 is 0 Å². The lowest BCUT2D eigenvalue weighted by molar-refractivity contribution is 0.0912. The normalized spacial score (nSPS) is 13.3. The van der Waals surface area contributed by atoms with Gasteiger partial charge in [-0.2, -0.15) is 0 Å². The van der Waals surface area contributed by atoms with Crippen LogP contribution in [0.5, 0.6) is 0 Å². The Morgan fingerprint density at radius 3 is 2.62 bits per heavy atom. The van der Waals surface area contributed by atoms with Gasteiger partial charge in [-0.05, 0) is 39.0 Å². The van der Waals surface area contributed by atoms with E-state index in [1.165, 1.54) is 0 Å². The van der Waals surface area contributed by atoms with E-state index in [1.54, 1.807) is 12.1 Å². The van der Waals surface area contributed by atoms with E-state index in [0.717, 1.165) is 4.47 Å². The SMILES string of the molecule is CC(Cl)C(C)(C)NC(=O)c1cccc(Br)c1. The van der Waals surface area contributed by atoms with Crippen LogP contribution in [-0.4, -0.2) is 16.8 Å². The molecule has 0 aromatic heterocycles. The van der Waals surface area contributed by atoms with Crippen molar-refractivity contribution in [2.45, 2.75) is 31.7 Å². The minimum Gasteiger partial charge on any atom is -0.346 e. The highest BCUT2D eigenvalue weighted by molar-refractivity contribution is 9.10. The molecular formula is C12H15BrClNO. The van der Waals surface area contributed by atoms with Crippen molar-refractivity contribution >= 4 is 33.4 Å². The molecule has 1 N–H and O–H groups in total. The zero-order valence-corrected chi connectivity index (χ0v) is 11.9. The van der Waals surface area contributed by atoms with E-state index in [2.05, 4.69) is 21.2 Å². The second kappa shape index (κ2) is 5.19. The van der Waals surface area contributed by atoms with Gasteiger partial charge in [-0.15, -0.1) is 11.6 Å². The lowest BCUT2D eigenvalue weighted by Crippen LogP contribution is -2.49. The number of hydrogen-bond donors (Lipinski definition) is 1. The van der Waals surface area contributed by atoms with E-state index in [9.17, 15) is 4.79 Å². The Morgan fingerprint density at radius 2 is 2.12 bits per heavy atom. The maximum Gasteiger partial charge on any atom is 0.251 e. The summed E-state index contributed by atoms with van der Waals surface area (Å²) >= 11 is 9.34. The molecule has 0 saturated carbocycles. The minimum atomic E-state index is -0.430.